The van der Waals surface area contributed by atoms with Gasteiger partial charge in [0.25, 0.3) is 5.56 Å². The van der Waals surface area contributed by atoms with E-state index in [4.69, 9.17) is 0 Å². The van der Waals surface area contributed by atoms with Gasteiger partial charge in [0.1, 0.15) is 17.0 Å². The van der Waals surface area contributed by atoms with Gasteiger partial charge in [0.15, 0.2) is 11.6 Å². The van der Waals surface area contributed by atoms with Crippen molar-refractivity contribution in [1.82, 2.24) is 14.9 Å². The molecule has 1 heterocycles. The van der Waals surface area contributed by atoms with Gasteiger partial charge in [-0.15, -0.1) is 0 Å². The lowest BCUT2D eigenvalue weighted by Crippen LogP contribution is -2.41. The van der Waals surface area contributed by atoms with Crippen molar-refractivity contribution in [2.24, 2.45) is 0 Å². The number of aromatic amines is 1. The van der Waals surface area contributed by atoms with Crippen LogP contribution in [0.25, 0.3) is 10.9 Å². The van der Waals surface area contributed by atoms with Crippen LogP contribution >= 0.6 is 0 Å². The fourth-order valence-electron chi connectivity index (χ4n) is 2.87. The number of fused-ring (bicyclic) bond motifs is 1. The molecule has 1 amide bonds. The number of nitrogens with one attached hydrogen (secondary N) is 2. The minimum atomic E-state index is -1.45. The summed E-state index contributed by atoms with van der Waals surface area (Å²) in [6.07, 6.45) is 0. The molecule has 28 heavy (non-hydrogen) atoms. The molecule has 0 aliphatic rings. The summed E-state index contributed by atoms with van der Waals surface area (Å²) in [5, 5.41) is 1.66. The number of amides is 1. The molecule has 146 valence electrons. The monoisotopic (exact) mass is 395 g/mol. The van der Waals surface area contributed by atoms with Crippen LogP contribution in [-0.2, 0) is 11.3 Å². The van der Waals surface area contributed by atoms with Gasteiger partial charge in [-0.2, -0.15) is 0 Å². The van der Waals surface area contributed by atoms with E-state index in [-0.39, 0.29) is 11.1 Å². The molecule has 1 aromatic heterocycles. The Morgan fingerprint density at radius 1 is 1.11 bits per heavy atom. The molecule has 0 saturated carbocycles. The first kappa shape index (κ1) is 19.3. The molecule has 0 fully saturated rings. The number of rotatable bonds is 4. The van der Waals surface area contributed by atoms with Gasteiger partial charge in [0, 0.05) is 18.6 Å². The van der Waals surface area contributed by atoms with Crippen LogP contribution in [0.1, 0.15) is 18.5 Å². The van der Waals surface area contributed by atoms with Gasteiger partial charge < -0.3 is 10.3 Å². The van der Waals surface area contributed by atoms with Crippen LogP contribution in [0, 0.1) is 23.3 Å². The zero-order valence-electron chi connectivity index (χ0n) is 14.4. The van der Waals surface area contributed by atoms with E-state index < -0.39 is 58.4 Å². The minimum absolute atomic E-state index is 0.192. The third kappa shape index (κ3) is 3.53. The predicted molar refractivity (Wildman–Crippen MR) is 91.7 cm³/mol. The van der Waals surface area contributed by atoms with E-state index in [0.29, 0.717) is 10.6 Å². The van der Waals surface area contributed by atoms with Gasteiger partial charge in [-0.25, -0.2) is 22.4 Å². The molecule has 0 bridgehead atoms. The maximum absolute atomic E-state index is 14.2. The minimum Gasteiger partial charge on any atom is -0.348 e. The molecule has 3 aromatic rings. The van der Waals surface area contributed by atoms with Crippen LogP contribution in [0.15, 0.2) is 39.9 Å². The first-order chi connectivity index (χ1) is 13.2. The first-order valence-corrected chi connectivity index (χ1v) is 8.02. The molecular formula is C18H13F4N3O3. The topological polar surface area (TPSA) is 84.0 Å². The van der Waals surface area contributed by atoms with Crippen LogP contribution in [-0.4, -0.2) is 15.5 Å². The molecule has 0 aliphatic carbocycles. The van der Waals surface area contributed by atoms with Crippen LogP contribution < -0.4 is 16.6 Å². The van der Waals surface area contributed by atoms with Gasteiger partial charge in [-0.05, 0) is 18.2 Å². The van der Waals surface area contributed by atoms with Crippen molar-refractivity contribution in [3.8, 4) is 0 Å². The van der Waals surface area contributed by atoms with Gasteiger partial charge in [0.2, 0.25) is 5.91 Å². The molecular weight excluding hydrogens is 382 g/mol. The zero-order chi connectivity index (χ0) is 20.6. The number of aromatic nitrogens is 2. The normalized spacial score (nSPS) is 12.2. The summed E-state index contributed by atoms with van der Waals surface area (Å²) in [4.78, 5) is 38.6. The lowest BCUT2D eigenvalue weighted by atomic mass is 10.1. The average Bonchev–Trinajstić information content (AvgIpc) is 2.60. The van der Waals surface area contributed by atoms with Crippen LogP contribution in [0.5, 0.6) is 0 Å². The highest BCUT2D eigenvalue weighted by molar-refractivity contribution is 5.78. The van der Waals surface area contributed by atoms with Crippen molar-refractivity contribution in [1.29, 1.82) is 0 Å². The van der Waals surface area contributed by atoms with Gasteiger partial charge >= 0.3 is 5.69 Å². The smallest absolute Gasteiger partial charge is 0.328 e. The van der Waals surface area contributed by atoms with E-state index in [1.807, 2.05) is 0 Å². The van der Waals surface area contributed by atoms with Crippen LogP contribution in [0.2, 0.25) is 0 Å². The quantitative estimate of drug-likeness (QED) is 0.664. The van der Waals surface area contributed by atoms with Gasteiger partial charge in [-0.3, -0.25) is 14.2 Å². The highest BCUT2D eigenvalue weighted by Gasteiger charge is 2.22. The van der Waals surface area contributed by atoms with E-state index in [1.54, 1.807) is 0 Å². The highest BCUT2D eigenvalue weighted by atomic mass is 19.2. The molecule has 6 nitrogen and oxygen atoms in total. The Morgan fingerprint density at radius 3 is 2.46 bits per heavy atom. The third-order valence-corrected chi connectivity index (χ3v) is 4.12. The number of halogens is 4. The van der Waals surface area contributed by atoms with Crippen LogP contribution in [0.4, 0.5) is 17.6 Å². The molecule has 0 saturated heterocycles. The second kappa shape index (κ2) is 7.29. The van der Waals surface area contributed by atoms with E-state index in [1.165, 1.54) is 0 Å². The third-order valence-electron chi connectivity index (χ3n) is 4.12. The largest absolute Gasteiger partial charge is 0.348 e. The number of nitrogens with zero attached hydrogens (tertiary/aromatic N) is 1. The van der Waals surface area contributed by atoms with E-state index in [9.17, 15) is 31.9 Å². The molecule has 0 aliphatic heterocycles. The molecule has 0 radical (unpaired) electrons. The molecule has 2 aromatic carbocycles. The molecule has 3 rings (SSSR count). The number of carbonyl (C=O) groups excluding carboxylic acids is 1. The molecule has 0 unspecified atom stereocenters. The zero-order valence-corrected chi connectivity index (χ0v) is 14.4. The standard InChI is InChI=1S/C18H13F4N3O3/c1-8(26)23-14(10-3-2-9(19)6-12(10)21)7-25-17(27)15-13(24-18(25)28)5-4-11(20)16(15)22/h2-6,14H,7H2,1H3,(H,23,26)(H,24,28)/t14-/m1/s1. The maximum Gasteiger partial charge on any atom is 0.328 e. The fraction of sp³-hybridized carbons (Fsp3) is 0.167. The second-order valence-electron chi connectivity index (χ2n) is 6.05. The Bertz CT molecular complexity index is 1200. The number of hydrogen-bond donors (Lipinski definition) is 2. The lowest BCUT2D eigenvalue weighted by Gasteiger charge is -2.20. The average molecular weight is 395 g/mol. The number of H-pyrrole nitrogens is 1. The Hall–Kier alpha value is -3.43. The number of carbonyl (C=O) groups is 1. The molecule has 0 spiro atoms. The summed E-state index contributed by atoms with van der Waals surface area (Å²) in [5.74, 6) is -5.22. The van der Waals surface area contributed by atoms with E-state index in [0.717, 1.165) is 31.2 Å². The SMILES string of the molecule is CC(=O)N[C@H](Cn1c(=O)[nH]c2ccc(F)c(F)c2c1=O)c1ccc(F)cc1F. The Balaban J connectivity index is 2.17. The summed E-state index contributed by atoms with van der Waals surface area (Å²) in [6.45, 7) is 0.527. The molecule has 2 N–H and O–H groups in total. The fourth-order valence-corrected chi connectivity index (χ4v) is 2.87. The Kier molecular flexibility index (Phi) is 5.04. The molecule has 10 heteroatoms. The predicted octanol–water partition coefficient (Wildman–Crippen LogP) is 2.12. The Labute approximate surface area is 154 Å². The first-order valence-electron chi connectivity index (χ1n) is 8.02. The lowest BCUT2D eigenvalue weighted by molar-refractivity contribution is -0.119. The number of hydrogen-bond acceptors (Lipinski definition) is 3. The maximum atomic E-state index is 14.2. The highest BCUT2D eigenvalue weighted by Crippen LogP contribution is 2.20. The summed E-state index contributed by atoms with van der Waals surface area (Å²) in [6, 6.07) is 3.11. The summed E-state index contributed by atoms with van der Waals surface area (Å²) < 4.78 is 55.4. The van der Waals surface area contributed by atoms with Crippen molar-refractivity contribution in [3.63, 3.8) is 0 Å². The molecule has 1 atom stereocenters. The summed E-state index contributed by atoms with van der Waals surface area (Å²) in [5.41, 5.74) is -2.54. The van der Waals surface area contributed by atoms with Crippen molar-refractivity contribution in [3.05, 3.63) is 80.0 Å². The van der Waals surface area contributed by atoms with E-state index in [2.05, 4.69) is 10.3 Å². The van der Waals surface area contributed by atoms with Crippen molar-refractivity contribution >= 4 is 16.8 Å². The Morgan fingerprint density at radius 2 is 1.82 bits per heavy atom. The summed E-state index contributed by atoms with van der Waals surface area (Å²) >= 11 is 0. The van der Waals surface area contributed by atoms with Crippen molar-refractivity contribution < 1.29 is 22.4 Å². The van der Waals surface area contributed by atoms with Crippen LogP contribution in [0.3, 0.4) is 0 Å². The van der Waals surface area contributed by atoms with Crippen molar-refractivity contribution in [2.75, 3.05) is 0 Å². The second-order valence-corrected chi connectivity index (χ2v) is 6.05. The van der Waals surface area contributed by atoms with E-state index >= 15 is 0 Å². The van der Waals surface area contributed by atoms with Crippen molar-refractivity contribution in [2.45, 2.75) is 19.5 Å². The number of benzene rings is 2. The summed E-state index contributed by atoms with van der Waals surface area (Å²) in [7, 11) is 0. The van der Waals surface area contributed by atoms with Gasteiger partial charge in [-0.1, -0.05) is 6.07 Å². The van der Waals surface area contributed by atoms with Gasteiger partial charge in [0.05, 0.1) is 18.1 Å².